The minimum Gasteiger partial charge on any atom is -0.337 e. The van der Waals surface area contributed by atoms with Crippen molar-refractivity contribution in [3.8, 4) is 0 Å². The zero-order valence-electron chi connectivity index (χ0n) is 13.8. The summed E-state index contributed by atoms with van der Waals surface area (Å²) in [5.74, 6) is 0.105. The summed E-state index contributed by atoms with van der Waals surface area (Å²) in [5, 5.41) is 6.43. The standard InChI is InChI=1S/C19H23N3OS/c23-18(22-10-8-19(14-22)7-4-9-20-13-19)16-12-24-17(21-16)11-15-5-2-1-3-6-15/h1-3,5-6,12,20H,4,7-11,13-14H2/t19-/m1/s1. The number of amides is 1. The summed E-state index contributed by atoms with van der Waals surface area (Å²) in [6.07, 6.45) is 4.37. The zero-order chi connectivity index (χ0) is 16.4. The van der Waals surface area contributed by atoms with Gasteiger partial charge in [-0.3, -0.25) is 4.79 Å². The molecule has 1 aromatic carbocycles. The Morgan fingerprint density at radius 2 is 2.17 bits per heavy atom. The second-order valence-corrected chi connectivity index (χ2v) is 7.99. The highest BCUT2D eigenvalue weighted by atomic mass is 32.1. The number of nitrogens with zero attached hydrogens (tertiary/aromatic N) is 2. The molecule has 0 saturated carbocycles. The van der Waals surface area contributed by atoms with E-state index >= 15 is 0 Å². The molecule has 1 aromatic heterocycles. The van der Waals surface area contributed by atoms with E-state index in [1.165, 1.54) is 18.4 Å². The smallest absolute Gasteiger partial charge is 0.273 e. The Morgan fingerprint density at radius 1 is 1.29 bits per heavy atom. The van der Waals surface area contributed by atoms with E-state index in [1.54, 1.807) is 11.3 Å². The predicted molar refractivity (Wildman–Crippen MR) is 96.4 cm³/mol. The summed E-state index contributed by atoms with van der Waals surface area (Å²) in [4.78, 5) is 19.4. The Labute approximate surface area is 146 Å². The van der Waals surface area contributed by atoms with Crippen molar-refractivity contribution in [3.63, 3.8) is 0 Å². The minimum absolute atomic E-state index is 0.105. The SMILES string of the molecule is O=C(c1csc(Cc2ccccc2)n1)N1CC[C@@]2(CCCNC2)C1. The third kappa shape index (κ3) is 3.23. The Morgan fingerprint density at radius 3 is 2.96 bits per heavy atom. The molecular weight excluding hydrogens is 318 g/mol. The lowest BCUT2D eigenvalue weighted by Crippen LogP contribution is -2.42. The van der Waals surface area contributed by atoms with Crippen molar-refractivity contribution in [3.05, 3.63) is 52.0 Å². The molecule has 1 N–H and O–H groups in total. The number of hydrogen-bond donors (Lipinski definition) is 1. The van der Waals surface area contributed by atoms with Crippen LogP contribution >= 0.6 is 11.3 Å². The first kappa shape index (κ1) is 15.8. The zero-order valence-corrected chi connectivity index (χ0v) is 14.6. The van der Waals surface area contributed by atoms with Gasteiger partial charge in [0.25, 0.3) is 5.91 Å². The van der Waals surface area contributed by atoms with Crippen LogP contribution < -0.4 is 5.32 Å². The number of likely N-dealkylation sites (tertiary alicyclic amines) is 1. The molecular formula is C19H23N3OS. The van der Waals surface area contributed by atoms with Gasteiger partial charge in [0.2, 0.25) is 0 Å². The lowest BCUT2D eigenvalue weighted by molar-refractivity contribution is 0.0759. The largest absolute Gasteiger partial charge is 0.337 e. The van der Waals surface area contributed by atoms with Crippen LogP contribution in [0.3, 0.4) is 0 Å². The number of carbonyl (C=O) groups is 1. The first-order valence-electron chi connectivity index (χ1n) is 8.73. The van der Waals surface area contributed by atoms with E-state index in [4.69, 9.17) is 0 Å². The predicted octanol–water partition coefficient (Wildman–Crippen LogP) is 2.95. The fraction of sp³-hybridized carbons (Fsp3) is 0.474. The monoisotopic (exact) mass is 341 g/mol. The number of thiazole rings is 1. The lowest BCUT2D eigenvalue weighted by atomic mass is 9.80. The molecule has 2 fully saturated rings. The molecule has 1 spiro atoms. The van der Waals surface area contributed by atoms with Crippen LogP contribution in [0.4, 0.5) is 0 Å². The van der Waals surface area contributed by atoms with E-state index in [9.17, 15) is 4.79 Å². The first-order valence-corrected chi connectivity index (χ1v) is 9.60. The highest BCUT2D eigenvalue weighted by Crippen LogP contribution is 2.37. The lowest BCUT2D eigenvalue weighted by Gasteiger charge is -2.33. The fourth-order valence-electron chi connectivity index (χ4n) is 3.91. The first-order chi connectivity index (χ1) is 11.7. The van der Waals surface area contributed by atoms with Gasteiger partial charge < -0.3 is 10.2 Å². The summed E-state index contributed by atoms with van der Waals surface area (Å²) in [6, 6.07) is 10.3. The van der Waals surface area contributed by atoms with Gasteiger partial charge in [-0.1, -0.05) is 30.3 Å². The number of piperidine rings is 1. The van der Waals surface area contributed by atoms with Gasteiger partial charge in [0.05, 0.1) is 5.01 Å². The average molecular weight is 341 g/mol. The molecule has 2 aromatic rings. The maximum Gasteiger partial charge on any atom is 0.273 e. The highest BCUT2D eigenvalue weighted by Gasteiger charge is 2.41. The van der Waals surface area contributed by atoms with Gasteiger partial charge in [0.1, 0.15) is 5.69 Å². The number of aromatic nitrogens is 1. The molecule has 5 heteroatoms. The Balaban J connectivity index is 1.42. The fourth-order valence-corrected chi connectivity index (χ4v) is 4.71. The van der Waals surface area contributed by atoms with Gasteiger partial charge in [0, 0.05) is 36.9 Å². The van der Waals surface area contributed by atoms with E-state index in [0.717, 1.165) is 44.0 Å². The number of benzene rings is 1. The summed E-state index contributed by atoms with van der Waals surface area (Å²) < 4.78 is 0. The van der Waals surface area contributed by atoms with Gasteiger partial charge in [-0.05, 0) is 31.4 Å². The van der Waals surface area contributed by atoms with Crippen LogP contribution in [0, 0.1) is 5.41 Å². The number of hydrogen-bond acceptors (Lipinski definition) is 4. The molecule has 1 amide bonds. The van der Waals surface area contributed by atoms with Crippen LogP contribution in [-0.4, -0.2) is 42.0 Å². The normalized spacial score (nSPS) is 23.8. The van der Waals surface area contributed by atoms with Gasteiger partial charge >= 0.3 is 0 Å². The van der Waals surface area contributed by atoms with E-state index < -0.39 is 0 Å². The summed E-state index contributed by atoms with van der Waals surface area (Å²) in [7, 11) is 0. The van der Waals surface area contributed by atoms with Crippen molar-refractivity contribution in [2.45, 2.75) is 25.7 Å². The number of carbonyl (C=O) groups excluding carboxylic acids is 1. The van der Waals surface area contributed by atoms with Crippen molar-refractivity contribution < 1.29 is 4.79 Å². The maximum absolute atomic E-state index is 12.8. The molecule has 2 aliphatic rings. The Hall–Kier alpha value is -1.72. The Bertz CT molecular complexity index is 706. The van der Waals surface area contributed by atoms with E-state index in [2.05, 4.69) is 22.4 Å². The van der Waals surface area contributed by atoms with Gasteiger partial charge in [0.15, 0.2) is 0 Å². The molecule has 2 aliphatic heterocycles. The third-order valence-electron chi connectivity index (χ3n) is 5.26. The summed E-state index contributed by atoms with van der Waals surface area (Å²) >= 11 is 1.59. The highest BCUT2D eigenvalue weighted by molar-refractivity contribution is 7.09. The second-order valence-electron chi connectivity index (χ2n) is 7.05. The molecule has 0 aliphatic carbocycles. The van der Waals surface area contributed by atoms with Crippen molar-refractivity contribution >= 4 is 17.2 Å². The van der Waals surface area contributed by atoms with E-state index in [0.29, 0.717) is 11.1 Å². The van der Waals surface area contributed by atoms with Crippen LogP contribution in [0.5, 0.6) is 0 Å². The molecule has 0 radical (unpaired) electrons. The van der Waals surface area contributed by atoms with Crippen molar-refractivity contribution in [1.82, 2.24) is 15.2 Å². The number of rotatable bonds is 3. The van der Waals surface area contributed by atoms with Crippen molar-refractivity contribution in [1.29, 1.82) is 0 Å². The van der Waals surface area contributed by atoms with E-state index in [1.807, 2.05) is 28.5 Å². The Kier molecular flexibility index (Phi) is 4.37. The molecule has 4 nitrogen and oxygen atoms in total. The van der Waals surface area contributed by atoms with Crippen molar-refractivity contribution in [2.24, 2.45) is 5.41 Å². The molecule has 0 unspecified atom stereocenters. The minimum atomic E-state index is 0.105. The van der Waals surface area contributed by atoms with Gasteiger partial charge in [-0.25, -0.2) is 4.98 Å². The maximum atomic E-state index is 12.8. The van der Waals surface area contributed by atoms with Crippen LogP contribution in [0.15, 0.2) is 35.7 Å². The topological polar surface area (TPSA) is 45.2 Å². The van der Waals surface area contributed by atoms with Crippen LogP contribution in [0.1, 0.15) is 40.3 Å². The molecule has 4 rings (SSSR count). The van der Waals surface area contributed by atoms with E-state index in [-0.39, 0.29) is 5.91 Å². The van der Waals surface area contributed by atoms with Crippen LogP contribution in [-0.2, 0) is 6.42 Å². The molecule has 1 atom stereocenters. The van der Waals surface area contributed by atoms with Crippen molar-refractivity contribution in [2.75, 3.05) is 26.2 Å². The second kappa shape index (κ2) is 6.65. The summed E-state index contributed by atoms with van der Waals surface area (Å²) in [5.41, 5.74) is 2.16. The molecule has 24 heavy (non-hydrogen) atoms. The molecule has 126 valence electrons. The molecule has 3 heterocycles. The average Bonchev–Trinajstić information content (AvgIpc) is 3.24. The van der Waals surface area contributed by atoms with Crippen LogP contribution in [0.2, 0.25) is 0 Å². The molecule has 0 bridgehead atoms. The quantitative estimate of drug-likeness (QED) is 0.933. The summed E-state index contributed by atoms with van der Waals surface area (Å²) in [6.45, 7) is 3.91. The van der Waals surface area contributed by atoms with Gasteiger partial charge in [-0.2, -0.15) is 0 Å². The molecule has 2 saturated heterocycles. The third-order valence-corrected chi connectivity index (χ3v) is 6.10. The number of nitrogens with one attached hydrogen (secondary N) is 1. The van der Waals surface area contributed by atoms with Crippen LogP contribution in [0.25, 0.3) is 0 Å². The van der Waals surface area contributed by atoms with Gasteiger partial charge in [-0.15, -0.1) is 11.3 Å².